The van der Waals surface area contributed by atoms with Crippen LogP contribution in [0.4, 0.5) is 18.2 Å². The lowest BCUT2D eigenvalue weighted by Gasteiger charge is -2.10. The Labute approximate surface area is 181 Å². The first-order valence-electron chi connectivity index (χ1n) is 8.69. The molecule has 0 unspecified atom stereocenters. The predicted molar refractivity (Wildman–Crippen MR) is 110 cm³/mol. The third kappa shape index (κ3) is 4.03. The average molecular weight is 466 g/mol. The summed E-state index contributed by atoms with van der Waals surface area (Å²) in [5, 5.41) is 8.28. The number of nitrogens with zero attached hydrogens (tertiary/aromatic N) is 3. The lowest BCUT2D eigenvalue weighted by atomic mass is 10.2. The molecule has 0 spiro atoms. The van der Waals surface area contributed by atoms with Gasteiger partial charge in [-0.3, -0.25) is 4.79 Å². The van der Waals surface area contributed by atoms with Gasteiger partial charge in [0.05, 0.1) is 23.2 Å². The quantitative estimate of drug-likeness (QED) is 0.433. The first-order chi connectivity index (χ1) is 14.7. The van der Waals surface area contributed by atoms with Crippen LogP contribution in [0.2, 0.25) is 0 Å². The summed E-state index contributed by atoms with van der Waals surface area (Å²) in [4.78, 5) is 30.1. The van der Waals surface area contributed by atoms with Crippen LogP contribution in [0.25, 0.3) is 16.2 Å². The summed E-state index contributed by atoms with van der Waals surface area (Å²) in [6, 6.07) is 6.97. The first-order valence-corrected chi connectivity index (χ1v) is 10.4. The van der Waals surface area contributed by atoms with Crippen LogP contribution in [0.15, 0.2) is 35.7 Å². The molecule has 0 aliphatic heterocycles. The minimum Gasteiger partial charge on any atom is -0.465 e. The minimum atomic E-state index is -4.71. The number of halogens is 3. The van der Waals surface area contributed by atoms with Crippen LogP contribution in [0, 0.1) is 6.92 Å². The fourth-order valence-corrected chi connectivity index (χ4v) is 4.45. The molecule has 1 amide bonds. The lowest BCUT2D eigenvalue weighted by molar-refractivity contribution is -0.142. The third-order valence-electron chi connectivity index (χ3n) is 4.21. The second kappa shape index (κ2) is 7.78. The number of carbonyl (C=O) groups is 2. The molecule has 4 rings (SSSR count). The number of hydrogen-bond donors (Lipinski definition) is 1. The maximum absolute atomic E-state index is 13.6. The Balaban J connectivity index is 1.76. The largest absolute Gasteiger partial charge is 0.465 e. The smallest absolute Gasteiger partial charge is 0.433 e. The van der Waals surface area contributed by atoms with Gasteiger partial charge in [-0.25, -0.2) is 14.3 Å². The van der Waals surface area contributed by atoms with Crippen LogP contribution in [-0.2, 0) is 10.9 Å². The Bertz CT molecular complexity index is 1290. The van der Waals surface area contributed by atoms with E-state index in [0.717, 1.165) is 22.3 Å². The number of rotatable bonds is 4. The van der Waals surface area contributed by atoms with E-state index in [-0.39, 0.29) is 27.6 Å². The van der Waals surface area contributed by atoms with Crippen molar-refractivity contribution in [3.63, 3.8) is 0 Å². The molecule has 4 aromatic heterocycles. The molecule has 0 fully saturated rings. The molecule has 4 aromatic rings. The molecule has 7 nitrogen and oxygen atoms in total. The molecule has 31 heavy (non-hydrogen) atoms. The number of fused-ring (bicyclic) bond motifs is 1. The van der Waals surface area contributed by atoms with E-state index in [1.54, 1.807) is 30.5 Å². The molecular weight excluding hydrogens is 453 g/mol. The van der Waals surface area contributed by atoms with E-state index in [4.69, 9.17) is 0 Å². The van der Waals surface area contributed by atoms with Crippen molar-refractivity contribution >= 4 is 45.2 Å². The van der Waals surface area contributed by atoms with Crippen LogP contribution in [0.5, 0.6) is 0 Å². The number of ether oxygens (including phenoxy) is 1. The van der Waals surface area contributed by atoms with Crippen LogP contribution in [0.1, 0.15) is 31.4 Å². The molecule has 0 aromatic carbocycles. The Kier molecular flexibility index (Phi) is 5.27. The molecule has 0 atom stereocenters. The van der Waals surface area contributed by atoms with Crippen molar-refractivity contribution in [2.45, 2.75) is 13.1 Å². The molecule has 0 aliphatic rings. The summed E-state index contributed by atoms with van der Waals surface area (Å²) in [5.41, 5.74) is -1.18. The standard InChI is InChI=1S/C19H13F3N4O3S2/c1-9-6-10(18(28)29-2)17(31-9)24-16(27)12-8-15-23-11(13-4-3-5-30-13)7-14(19(20,21)22)26(15)25-12/h3-8H,1-2H3,(H,24,27). The highest BCUT2D eigenvalue weighted by Crippen LogP contribution is 2.34. The van der Waals surface area contributed by atoms with Gasteiger partial charge in [-0.05, 0) is 30.5 Å². The molecule has 160 valence electrons. The molecule has 0 saturated heterocycles. The summed E-state index contributed by atoms with van der Waals surface area (Å²) in [6.45, 7) is 1.74. The zero-order chi connectivity index (χ0) is 22.3. The van der Waals surface area contributed by atoms with E-state index < -0.39 is 23.7 Å². The van der Waals surface area contributed by atoms with E-state index in [9.17, 15) is 22.8 Å². The van der Waals surface area contributed by atoms with Crippen molar-refractivity contribution in [2.75, 3.05) is 12.4 Å². The Morgan fingerprint density at radius 2 is 2.00 bits per heavy atom. The normalized spacial score (nSPS) is 11.6. The fraction of sp³-hybridized carbons (Fsp3) is 0.158. The molecule has 1 N–H and O–H groups in total. The number of methoxy groups -OCH3 is 1. The number of thiophene rings is 2. The number of aryl methyl sites for hydroxylation is 1. The summed E-state index contributed by atoms with van der Waals surface area (Å²) in [7, 11) is 1.21. The maximum atomic E-state index is 13.6. The van der Waals surface area contributed by atoms with Gasteiger partial charge < -0.3 is 10.1 Å². The van der Waals surface area contributed by atoms with E-state index in [2.05, 4.69) is 20.1 Å². The second-order valence-electron chi connectivity index (χ2n) is 6.35. The number of carbonyl (C=O) groups excluding carboxylic acids is 2. The lowest BCUT2D eigenvalue weighted by Crippen LogP contribution is -2.16. The monoisotopic (exact) mass is 466 g/mol. The van der Waals surface area contributed by atoms with Crippen LogP contribution < -0.4 is 5.32 Å². The highest BCUT2D eigenvalue weighted by molar-refractivity contribution is 7.16. The van der Waals surface area contributed by atoms with Gasteiger partial charge in [0, 0.05) is 10.9 Å². The zero-order valence-corrected chi connectivity index (χ0v) is 17.6. The number of nitrogens with one attached hydrogen (secondary N) is 1. The second-order valence-corrected chi connectivity index (χ2v) is 8.55. The van der Waals surface area contributed by atoms with Gasteiger partial charge >= 0.3 is 12.1 Å². The SMILES string of the molecule is COC(=O)c1cc(C)sc1NC(=O)c1cc2nc(-c3cccs3)cc(C(F)(F)F)n2n1. The minimum absolute atomic E-state index is 0.126. The number of hydrogen-bond acceptors (Lipinski definition) is 7. The Morgan fingerprint density at radius 1 is 1.23 bits per heavy atom. The van der Waals surface area contributed by atoms with Crippen molar-refractivity contribution in [3.8, 4) is 10.6 Å². The molecule has 12 heteroatoms. The summed E-state index contributed by atoms with van der Waals surface area (Å²) in [6.07, 6.45) is -4.71. The molecule has 0 aliphatic carbocycles. The van der Waals surface area contributed by atoms with Crippen molar-refractivity contribution in [3.05, 3.63) is 57.5 Å². The van der Waals surface area contributed by atoms with E-state index >= 15 is 0 Å². The van der Waals surface area contributed by atoms with Gasteiger partial charge in [-0.2, -0.15) is 18.3 Å². The van der Waals surface area contributed by atoms with Gasteiger partial charge in [-0.15, -0.1) is 22.7 Å². The van der Waals surface area contributed by atoms with Crippen molar-refractivity contribution < 1.29 is 27.5 Å². The first kappa shape index (κ1) is 21.0. The average Bonchev–Trinajstić information content (AvgIpc) is 3.45. The Morgan fingerprint density at radius 3 is 2.65 bits per heavy atom. The predicted octanol–water partition coefficient (Wildman–Crippen LogP) is 4.89. The van der Waals surface area contributed by atoms with Crippen LogP contribution in [-0.4, -0.2) is 33.6 Å². The number of anilines is 1. The highest BCUT2D eigenvalue weighted by atomic mass is 32.1. The van der Waals surface area contributed by atoms with Crippen LogP contribution in [0.3, 0.4) is 0 Å². The fourth-order valence-electron chi connectivity index (χ4n) is 2.87. The summed E-state index contributed by atoms with van der Waals surface area (Å²) < 4.78 is 46.2. The number of amides is 1. The molecule has 0 radical (unpaired) electrons. The van der Waals surface area contributed by atoms with Gasteiger partial charge in [0.15, 0.2) is 17.0 Å². The van der Waals surface area contributed by atoms with E-state index in [1.165, 1.54) is 24.5 Å². The van der Waals surface area contributed by atoms with Crippen LogP contribution >= 0.6 is 22.7 Å². The topological polar surface area (TPSA) is 85.6 Å². The number of aromatic nitrogens is 3. The molecular formula is C19H13F3N4O3S2. The van der Waals surface area contributed by atoms with Gasteiger partial charge in [0.2, 0.25) is 0 Å². The van der Waals surface area contributed by atoms with Crippen molar-refractivity contribution in [1.82, 2.24) is 14.6 Å². The summed E-state index contributed by atoms with van der Waals surface area (Å²) >= 11 is 2.38. The van der Waals surface area contributed by atoms with Crippen molar-refractivity contribution in [1.29, 1.82) is 0 Å². The molecule has 4 heterocycles. The number of alkyl halides is 3. The van der Waals surface area contributed by atoms with Gasteiger partial charge in [-0.1, -0.05) is 6.07 Å². The Hall–Kier alpha value is -3.25. The summed E-state index contributed by atoms with van der Waals surface area (Å²) in [5.74, 6) is -1.42. The van der Waals surface area contributed by atoms with E-state index in [0.29, 0.717) is 9.39 Å². The van der Waals surface area contributed by atoms with Gasteiger partial charge in [0.1, 0.15) is 5.00 Å². The zero-order valence-electron chi connectivity index (χ0n) is 16.0. The maximum Gasteiger partial charge on any atom is 0.433 e. The van der Waals surface area contributed by atoms with Crippen molar-refractivity contribution in [2.24, 2.45) is 0 Å². The highest BCUT2D eigenvalue weighted by Gasteiger charge is 2.36. The van der Waals surface area contributed by atoms with Gasteiger partial charge in [0.25, 0.3) is 5.91 Å². The third-order valence-corrected chi connectivity index (χ3v) is 6.07. The van der Waals surface area contributed by atoms with E-state index in [1.807, 2.05) is 0 Å². The number of esters is 1. The molecule has 0 saturated carbocycles. The molecule has 0 bridgehead atoms.